The summed E-state index contributed by atoms with van der Waals surface area (Å²) in [5, 5.41) is 12.6. The number of carbonyl (C=O) groups excluding carboxylic acids is 1. The molecule has 1 aromatic carbocycles. The van der Waals surface area contributed by atoms with Crippen LogP contribution in [0.1, 0.15) is 24.1 Å². The van der Waals surface area contributed by atoms with Gasteiger partial charge in [0.1, 0.15) is 11.8 Å². The highest BCUT2D eigenvalue weighted by Crippen LogP contribution is 2.31. The van der Waals surface area contributed by atoms with Crippen LogP contribution < -0.4 is 15.0 Å². The van der Waals surface area contributed by atoms with E-state index in [1.54, 1.807) is 12.1 Å². The van der Waals surface area contributed by atoms with E-state index in [1.807, 2.05) is 23.1 Å². The van der Waals surface area contributed by atoms with Gasteiger partial charge in [0.25, 0.3) is 5.89 Å². The number of nitrogens with zero attached hydrogens (tertiary/aromatic N) is 3. The molecule has 2 aliphatic heterocycles. The SMILES string of the molecule is N#Cc1nc(-c2ccco2)oc1N1CCC(C(=O)NCC2COc3ccccc3C2)CC1. The predicted molar refractivity (Wildman–Crippen MR) is 116 cm³/mol. The van der Waals surface area contributed by atoms with Crippen LogP contribution in [0.2, 0.25) is 0 Å². The fourth-order valence-corrected chi connectivity index (χ4v) is 4.36. The van der Waals surface area contributed by atoms with Crippen molar-refractivity contribution in [3.8, 4) is 23.5 Å². The Morgan fingerprint density at radius 2 is 2.06 bits per heavy atom. The number of aromatic nitrogens is 1. The summed E-state index contributed by atoms with van der Waals surface area (Å²) >= 11 is 0. The maximum atomic E-state index is 12.7. The van der Waals surface area contributed by atoms with Gasteiger partial charge in [-0.2, -0.15) is 10.2 Å². The van der Waals surface area contributed by atoms with Gasteiger partial charge in [0, 0.05) is 31.5 Å². The number of piperidine rings is 1. The summed E-state index contributed by atoms with van der Waals surface area (Å²) in [7, 11) is 0. The molecule has 8 heteroatoms. The third-order valence-corrected chi connectivity index (χ3v) is 6.12. The predicted octanol–water partition coefficient (Wildman–Crippen LogP) is 3.39. The molecule has 32 heavy (non-hydrogen) atoms. The van der Waals surface area contributed by atoms with Gasteiger partial charge in [-0.05, 0) is 43.0 Å². The van der Waals surface area contributed by atoms with E-state index in [2.05, 4.69) is 22.4 Å². The average molecular weight is 432 g/mol. The zero-order valence-corrected chi connectivity index (χ0v) is 17.6. The van der Waals surface area contributed by atoms with Crippen LogP contribution in [-0.4, -0.2) is 37.1 Å². The van der Waals surface area contributed by atoms with Crippen LogP contribution in [0, 0.1) is 23.2 Å². The standard InChI is InChI=1S/C24H24N4O4/c25-13-19-24(32-23(27-19)21-6-3-11-30-21)28-9-7-17(8-10-28)22(29)26-14-16-12-18-4-1-2-5-20(18)31-15-16/h1-6,11,16-17H,7-10,12,14-15H2,(H,26,29). The van der Waals surface area contributed by atoms with Gasteiger partial charge in [0.15, 0.2) is 5.76 Å². The Kier molecular flexibility index (Phi) is 5.55. The summed E-state index contributed by atoms with van der Waals surface area (Å²) in [6, 6.07) is 13.6. The van der Waals surface area contributed by atoms with Crippen molar-refractivity contribution in [1.29, 1.82) is 5.26 Å². The van der Waals surface area contributed by atoms with E-state index < -0.39 is 0 Å². The molecule has 1 unspecified atom stereocenters. The van der Waals surface area contributed by atoms with Crippen LogP contribution in [0.25, 0.3) is 11.7 Å². The number of nitrogens with one attached hydrogen (secondary N) is 1. The van der Waals surface area contributed by atoms with Gasteiger partial charge < -0.3 is 23.8 Å². The van der Waals surface area contributed by atoms with Gasteiger partial charge in [-0.1, -0.05) is 18.2 Å². The summed E-state index contributed by atoms with van der Waals surface area (Å²) in [5.41, 5.74) is 1.43. The van der Waals surface area contributed by atoms with Gasteiger partial charge in [0.2, 0.25) is 17.5 Å². The summed E-state index contributed by atoms with van der Waals surface area (Å²) in [4.78, 5) is 19.0. The normalized spacial score (nSPS) is 18.5. The molecule has 3 aromatic rings. The van der Waals surface area contributed by atoms with Crippen molar-refractivity contribution in [3.05, 3.63) is 53.9 Å². The van der Waals surface area contributed by atoms with E-state index in [4.69, 9.17) is 13.6 Å². The molecular weight excluding hydrogens is 408 g/mol. The van der Waals surface area contributed by atoms with Crippen molar-refractivity contribution in [2.45, 2.75) is 19.3 Å². The lowest BCUT2D eigenvalue weighted by Crippen LogP contribution is -2.43. The Labute approximate surface area is 185 Å². The lowest BCUT2D eigenvalue weighted by Gasteiger charge is -2.31. The number of benzene rings is 1. The van der Waals surface area contributed by atoms with Crippen molar-refractivity contribution >= 4 is 11.8 Å². The van der Waals surface area contributed by atoms with E-state index >= 15 is 0 Å². The first-order chi connectivity index (χ1) is 15.7. The second-order valence-electron chi connectivity index (χ2n) is 8.26. The maximum Gasteiger partial charge on any atom is 0.266 e. The molecule has 0 radical (unpaired) electrons. The zero-order valence-electron chi connectivity index (χ0n) is 17.6. The van der Waals surface area contributed by atoms with Gasteiger partial charge in [-0.3, -0.25) is 4.79 Å². The Bertz CT molecular complexity index is 1120. The molecule has 4 heterocycles. The molecule has 1 N–H and O–H groups in total. The zero-order chi connectivity index (χ0) is 21.9. The summed E-state index contributed by atoms with van der Waals surface area (Å²) in [6.07, 6.45) is 3.83. The van der Waals surface area contributed by atoms with Crippen LogP contribution in [0.4, 0.5) is 5.88 Å². The largest absolute Gasteiger partial charge is 0.493 e. The first-order valence-corrected chi connectivity index (χ1v) is 10.9. The second kappa shape index (κ2) is 8.79. The van der Waals surface area contributed by atoms with Gasteiger partial charge in [-0.25, -0.2) is 0 Å². The molecule has 2 aliphatic rings. The molecule has 164 valence electrons. The second-order valence-corrected chi connectivity index (χ2v) is 8.26. The van der Waals surface area contributed by atoms with Crippen molar-refractivity contribution in [3.63, 3.8) is 0 Å². The Balaban J connectivity index is 1.14. The Morgan fingerprint density at radius 1 is 1.22 bits per heavy atom. The van der Waals surface area contributed by atoms with E-state index in [0.29, 0.717) is 50.7 Å². The number of nitriles is 1. The molecule has 0 aliphatic carbocycles. The number of hydrogen-bond donors (Lipinski definition) is 1. The van der Waals surface area contributed by atoms with Gasteiger partial charge >= 0.3 is 0 Å². The number of ether oxygens (including phenoxy) is 1. The van der Waals surface area contributed by atoms with Crippen LogP contribution in [-0.2, 0) is 11.2 Å². The van der Waals surface area contributed by atoms with Gasteiger partial charge in [0.05, 0.1) is 12.9 Å². The third kappa shape index (κ3) is 4.06. The van der Waals surface area contributed by atoms with Crippen LogP contribution in [0.5, 0.6) is 5.75 Å². The Hall–Kier alpha value is -3.73. The molecule has 0 spiro atoms. The molecule has 1 saturated heterocycles. The van der Waals surface area contributed by atoms with Crippen molar-refractivity contribution in [2.75, 3.05) is 31.1 Å². The highest BCUT2D eigenvalue weighted by molar-refractivity contribution is 5.79. The molecular formula is C24H24N4O4. The first kappa shape index (κ1) is 20.2. The molecule has 1 atom stereocenters. The number of oxazole rings is 1. The average Bonchev–Trinajstić information content (AvgIpc) is 3.52. The molecule has 1 amide bonds. The lowest BCUT2D eigenvalue weighted by molar-refractivity contribution is -0.125. The van der Waals surface area contributed by atoms with Crippen LogP contribution >= 0.6 is 0 Å². The highest BCUT2D eigenvalue weighted by Gasteiger charge is 2.30. The van der Waals surface area contributed by atoms with E-state index in [-0.39, 0.29) is 29.3 Å². The van der Waals surface area contributed by atoms with E-state index in [1.165, 1.54) is 11.8 Å². The van der Waals surface area contributed by atoms with Crippen LogP contribution in [0.3, 0.4) is 0 Å². The fraction of sp³-hybridized carbons (Fsp3) is 0.375. The molecule has 1 fully saturated rings. The lowest BCUT2D eigenvalue weighted by atomic mass is 9.94. The van der Waals surface area contributed by atoms with Gasteiger partial charge in [-0.15, -0.1) is 0 Å². The fourth-order valence-electron chi connectivity index (χ4n) is 4.36. The molecule has 0 bridgehead atoms. The van der Waals surface area contributed by atoms with E-state index in [0.717, 1.165) is 12.2 Å². The number of fused-ring (bicyclic) bond motifs is 1. The highest BCUT2D eigenvalue weighted by atomic mass is 16.5. The number of para-hydroxylation sites is 1. The monoisotopic (exact) mass is 432 g/mol. The van der Waals surface area contributed by atoms with Crippen molar-refractivity contribution < 1.29 is 18.4 Å². The van der Waals surface area contributed by atoms with Crippen molar-refractivity contribution in [2.24, 2.45) is 11.8 Å². The smallest absolute Gasteiger partial charge is 0.266 e. The number of rotatable bonds is 5. The number of furan rings is 1. The minimum Gasteiger partial charge on any atom is -0.493 e. The number of anilines is 1. The summed E-state index contributed by atoms with van der Waals surface area (Å²) < 4.78 is 17.0. The minimum absolute atomic E-state index is 0.0546. The molecule has 2 aromatic heterocycles. The molecule has 8 nitrogen and oxygen atoms in total. The molecule has 5 rings (SSSR count). The van der Waals surface area contributed by atoms with Crippen molar-refractivity contribution in [1.82, 2.24) is 10.3 Å². The van der Waals surface area contributed by atoms with E-state index in [9.17, 15) is 10.1 Å². The quantitative estimate of drug-likeness (QED) is 0.659. The number of amides is 1. The summed E-state index contributed by atoms with van der Waals surface area (Å²) in [6.45, 7) is 2.48. The Morgan fingerprint density at radius 3 is 2.84 bits per heavy atom. The number of carbonyl (C=O) groups is 1. The number of hydrogen-bond acceptors (Lipinski definition) is 7. The topological polar surface area (TPSA) is 105 Å². The molecule has 0 saturated carbocycles. The summed E-state index contributed by atoms with van der Waals surface area (Å²) in [5.74, 6) is 2.46. The first-order valence-electron chi connectivity index (χ1n) is 10.9. The maximum absolute atomic E-state index is 12.7. The van der Waals surface area contributed by atoms with Crippen LogP contribution in [0.15, 0.2) is 51.5 Å². The third-order valence-electron chi connectivity index (χ3n) is 6.12. The minimum atomic E-state index is -0.0546.